The molecular formula is C16H21N3O2S2. The molecule has 0 aromatic carbocycles. The maximum Gasteiger partial charge on any atom is 0.348 e. The zero-order chi connectivity index (χ0) is 16.4. The van der Waals surface area contributed by atoms with Crippen molar-refractivity contribution >= 4 is 45.1 Å². The van der Waals surface area contributed by atoms with Crippen molar-refractivity contribution in [2.45, 2.75) is 32.7 Å². The number of fused-ring (bicyclic) bond motifs is 1. The van der Waals surface area contributed by atoms with E-state index in [2.05, 4.69) is 21.1 Å². The Kier molecular flexibility index (Phi) is 5.06. The molecule has 3 heterocycles. The lowest BCUT2D eigenvalue weighted by Gasteiger charge is -2.25. The molecule has 124 valence electrons. The van der Waals surface area contributed by atoms with Crippen molar-refractivity contribution in [1.82, 2.24) is 9.97 Å². The number of carbonyl (C=O) groups excluding carboxylic acids is 1. The number of nitrogens with zero attached hydrogens (tertiary/aromatic N) is 3. The third-order valence-electron chi connectivity index (χ3n) is 4.18. The molecule has 1 aliphatic heterocycles. The first kappa shape index (κ1) is 16.5. The number of hydrogen-bond acceptors (Lipinski definition) is 7. The molecule has 0 amide bonds. The Balaban J connectivity index is 2.06. The van der Waals surface area contributed by atoms with Gasteiger partial charge in [0.05, 0.1) is 12.0 Å². The van der Waals surface area contributed by atoms with Gasteiger partial charge in [0.25, 0.3) is 0 Å². The number of thiophene rings is 1. The quantitative estimate of drug-likeness (QED) is 0.769. The highest BCUT2D eigenvalue weighted by Crippen LogP contribution is 2.37. The van der Waals surface area contributed by atoms with E-state index in [0.717, 1.165) is 33.9 Å². The van der Waals surface area contributed by atoms with Crippen LogP contribution in [0.5, 0.6) is 0 Å². The molecule has 1 saturated heterocycles. The SMILES string of the molecule is CCOC(=O)c1sc2ncnc(N3CCCC3CSC)c2c1C. The fraction of sp³-hybridized carbons (Fsp3) is 0.562. The first-order valence-electron chi connectivity index (χ1n) is 7.84. The number of thioether (sulfide) groups is 1. The van der Waals surface area contributed by atoms with Crippen LogP contribution >= 0.6 is 23.1 Å². The summed E-state index contributed by atoms with van der Waals surface area (Å²) < 4.78 is 5.17. The average Bonchev–Trinajstić information content (AvgIpc) is 3.13. The fourth-order valence-corrected chi connectivity index (χ4v) is 4.91. The van der Waals surface area contributed by atoms with E-state index < -0.39 is 0 Å². The van der Waals surface area contributed by atoms with Crippen molar-refractivity contribution < 1.29 is 9.53 Å². The maximum atomic E-state index is 12.2. The summed E-state index contributed by atoms with van der Waals surface area (Å²) in [4.78, 5) is 25.0. The second kappa shape index (κ2) is 7.05. The Morgan fingerprint density at radius 1 is 1.52 bits per heavy atom. The molecule has 5 nitrogen and oxygen atoms in total. The predicted molar refractivity (Wildman–Crippen MR) is 96.9 cm³/mol. The molecule has 0 aliphatic carbocycles. The zero-order valence-electron chi connectivity index (χ0n) is 13.7. The molecule has 1 aliphatic rings. The smallest absolute Gasteiger partial charge is 0.348 e. The van der Waals surface area contributed by atoms with Crippen LogP contribution in [0.1, 0.15) is 35.0 Å². The highest BCUT2D eigenvalue weighted by Gasteiger charge is 2.29. The second-order valence-corrected chi connectivity index (χ2v) is 7.51. The van der Waals surface area contributed by atoms with Crippen LogP contribution < -0.4 is 4.90 Å². The van der Waals surface area contributed by atoms with Crippen LogP contribution in [0, 0.1) is 6.92 Å². The summed E-state index contributed by atoms with van der Waals surface area (Å²) in [7, 11) is 0. The van der Waals surface area contributed by atoms with E-state index in [4.69, 9.17) is 4.74 Å². The molecule has 0 radical (unpaired) electrons. The molecule has 1 atom stereocenters. The van der Waals surface area contributed by atoms with Gasteiger partial charge in [0, 0.05) is 18.3 Å². The Hall–Kier alpha value is -1.34. The van der Waals surface area contributed by atoms with Gasteiger partial charge in [-0.2, -0.15) is 11.8 Å². The number of carbonyl (C=O) groups is 1. The van der Waals surface area contributed by atoms with Crippen LogP contribution in [0.2, 0.25) is 0 Å². The molecule has 1 unspecified atom stereocenters. The molecule has 0 spiro atoms. The number of anilines is 1. The van der Waals surface area contributed by atoms with Gasteiger partial charge in [-0.1, -0.05) is 0 Å². The van der Waals surface area contributed by atoms with E-state index in [-0.39, 0.29) is 5.97 Å². The van der Waals surface area contributed by atoms with Gasteiger partial charge in [0.2, 0.25) is 0 Å². The number of esters is 1. The molecule has 3 rings (SSSR count). The molecule has 23 heavy (non-hydrogen) atoms. The minimum Gasteiger partial charge on any atom is -0.462 e. The van der Waals surface area contributed by atoms with Gasteiger partial charge < -0.3 is 9.64 Å². The average molecular weight is 351 g/mol. The molecule has 7 heteroatoms. The van der Waals surface area contributed by atoms with Crippen molar-refractivity contribution in [3.63, 3.8) is 0 Å². The van der Waals surface area contributed by atoms with E-state index in [0.29, 0.717) is 17.5 Å². The van der Waals surface area contributed by atoms with Gasteiger partial charge in [-0.05, 0) is 38.5 Å². The number of aryl methyl sites for hydroxylation is 1. The lowest BCUT2D eigenvalue weighted by atomic mass is 10.2. The van der Waals surface area contributed by atoms with Gasteiger partial charge in [-0.25, -0.2) is 14.8 Å². The van der Waals surface area contributed by atoms with Crippen molar-refractivity contribution in [3.8, 4) is 0 Å². The predicted octanol–water partition coefficient (Wildman–Crippen LogP) is 3.51. The zero-order valence-corrected chi connectivity index (χ0v) is 15.3. The highest BCUT2D eigenvalue weighted by molar-refractivity contribution is 7.98. The third-order valence-corrected chi connectivity index (χ3v) is 6.07. The Bertz CT molecular complexity index is 717. The van der Waals surface area contributed by atoms with Crippen molar-refractivity contribution in [1.29, 1.82) is 0 Å². The highest BCUT2D eigenvalue weighted by atomic mass is 32.2. The Labute approximate surface area is 144 Å². The van der Waals surface area contributed by atoms with E-state index in [9.17, 15) is 4.79 Å². The van der Waals surface area contributed by atoms with Gasteiger partial charge in [-0.3, -0.25) is 0 Å². The molecule has 2 aromatic heterocycles. The second-order valence-electron chi connectivity index (χ2n) is 5.60. The maximum absolute atomic E-state index is 12.2. The Morgan fingerprint density at radius 2 is 2.35 bits per heavy atom. The van der Waals surface area contributed by atoms with Crippen LogP contribution in [0.25, 0.3) is 10.2 Å². The summed E-state index contributed by atoms with van der Waals surface area (Å²) in [5, 5.41) is 1.01. The van der Waals surface area contributed by atoms with E-state index in [1.165, 1.54) is 24.2 Å². The summed E-state index contributed by atoms with van der Waals surface area (Å²) in [6, 6.07) is 0.508. The summed E-state index contributed by atoms with van der Waals surface area (Å²) in [5.41, 5.74) is 0.939. The number of aromatic nitrogens is 2. The molecule has 0 N–H and O–H groups in total. The van der Waals surface area contributed by atoms with Crippen LogP contribution in [0.3, 0.4) is 0 Å². The standard InChI is InChI=1S/C16H21N3O2S2/c1-4-21-16(20)13-10(2)12-14(17-9-18-15(12)23-13)19-7-5-6-11(19)8-22-3/h9,11H,4-8H2,1-3H3. The van der Waals surface area contributed by atoms with Crippen LogP contribution in [0.15, 0.2) is 6.33 Å². The molecule has 2 aromatic rings. The minimum absolute atomic E-state index is 0.263. The number of ether oxygens (including phenoxy) is 1. The van der Waals surface area contributed by atoms with Crippen molar-refractivity contribution in [2.24, 2.45) is 0 Å². The van der Waals surface area contributed by atoms with Gasteiger partial charge in [0.1, 0.15) is 21.9 Å². The van der Waals surface area contributed by atoms with E-state index >= 15 is 0 Å². The van der Waals surface area contributed by atoms with Crippen LogP contribution in [0.4, 0.5) is 5.82 Å². The largest absolute Gasteiger partial charge is 0.462 e. The summed E-state index contributed by atoms with van der Waals surface area (Å²) in [5.74, 6) is 1.80. The van der Waals surface area contributed by atoms with Gasteiger partial charge >= 0.3 is 5.97 Å². The fourth-order valence-electron chi connectivity index (χ4n) is 3.14. The normalized spacial score (nSPS) is 17.9. The first-order chi connectivity index (χ1) is 11.2. The molecule has 0 saturated carbocycles. The van der Waals surface area contributed by atoms with Crippen molar-refractivity contribution in [3.05, 3.63) is 16.8 Å². The van der Waals surface area contributed by atoms with Gasteiger partial charge in [0.15, 0.2) is 0 Å². The number of hydrogen-bond donors (Lipinski definition) is 0. The van der Waals surface area contributed by atoms with Crippen LogP contribution in [-0.2, 0) is 4.74 Å². The summed E-state index contributed by atoms with van der Waals surface area (Å²) in [6.07, 6.45) is 6.13. The summed E-state index contributed by atoms with van der Waals surface area (Å²) in [6.45, 7) is 5.19. The van der Waals surface area contributed by atoms with Crippen LogP contribution in [-0.4, -0.2) is 47.1 Å². The topological polar surface area (TPSA) is 55.3 Å². The van der Waals surface area contributed by atoms with Gasteiger partial charge in [-0.15, -0.1) is 11.3 Å². The molecule has 1 fully saturated rings. The first-order valence-corrected chi connectivity index (χ1v) is 10.0. The minimum atomic E-state index is -0.263. The monoisotopic (exact) mass is 351 g/mol. The van der Waals surface area contributed by atoms with Crippen molar-refractivity contribution in [2.75, 3.05) is 30.1 Å². The van der Waals surface area contributed by atoms with E-state index in [1.807, 2.05) is 25.6 Å². The third kappa shape index (κ3) is 3.04. The lowest BCUT2D eigenvalue weighted by Crippen LogP contribution is -2.32. The Morgan fingerprint density at radius 3 is 3.09 bits per heavy atom. The lowest BCUT2D eigenvalue weighted by molar-refractivity contribution is 0.0531. The number of rotatable bonds is 5. The van der Waals surface area contributed by atoms with E-state index in [1.54, 1.807) is 6.33 Å². The molecular weight excluding hydrogens is 330 g/mol. The molecule has 0 bridgehead atoms. The summed E-state index contributed by atoms with van der Waals surface area (Å²) >= 11 is 3.27.